The molecular weight excluding hydrogens is 1180 g/mol. The molecule has 1 atom stereocenters. The zero-order valence-electron chi connectivity index (χ0n) is 26.0. The molecule has 276 valence electrons. The van der Waals surface area contributed by atoms with Crippen LogP contribution in [0.4, 0.5) is 10.5 Å². The number of fused-ring (bicyclic) bond motifs is 3. The van der Waals surface area contributed by atoms with E-state index >= 15 is 0 Å². The zero-order valence-corrected chi connectivity index (χ0v) is 33.4. The molecule has 0 saturated carbocycles. The number of methoxy groups -OCH3 is 1. The largest absolute Gasteiger partial charge is 0.469 e. The monoisotopic (exact) mass is 1220 g/mol. The molecule has 0 heterocycles. The van der Waals surface area contributed by atoms with Crippen molar-refractivity contribution in [2.45, 2.75) is 16.9 Å². The molecule has 0 aliphatic heterocycles. The minimum Gasteiger partial charge on any atom is -0.467 e. The average Bonchev–Trinajstić information content (AvgIpc) is 3.38. The topological polar surface area (TPSA) is 182 Å². The van der Waals surface area contributed by atoms with Gasteiger partial charge < -0.3 is 39.9 Å². The zero-order chi connectivity index (χ0) is 33.6. The quantitative estimate of drug-likeness (QED) is 0.0531. The first kappa shape index (κ1) is 39.6. The Hall–Kier alpha value is -5.56. The van der Waals surface area contributed by atoms with Gasteiger partial charge in [0, 0.05) is 35.3 Å². The second-order valence-electron chi connectivity index (χ2n) is 10.1. The summed E-state index contributed by atoms with van der Waals surface area (Å²) in [5.74, 6) is -1.06. The van der Waals surface area contributed by atoms with E-state index in [0.717, 1.165) is 32.8 Å². The molecule has 4 rings (SSSR count). The van der Waals surface area contributed by atoms with Gasteiger partial charge in [0.05, 0.1) is 20.3 Å². The predicted octanol–water partition coefficient (Wildman–Crippen LogP) is 4.16. The number of carbonyl (C=O) groups excluding carboxylic acids is 3. The Balaban J connectivity index is 0.00000417. The molecule has 1 aliphatic carbocycles. The van der Waals surface area contributed by atoms with Crippen LogP contribution in [-0.2, 0) is 32.9 Å². The van der Waals surface area contributed by atoms with Crippen LogP contribution < -0.4 is 16.0 Å². The number of phosphoric acid groups is 1. The fourth-order valence-electron chi connectivity index (χ4n) is 4.75. The number of hydrogen-bond donors (Lipinski definition) is 5. The maximum absolute atomic E-state index is 13.1. The maximum Gasteiger partial charge on any atom is 0.469 e. The summed E-state index contributed by atoms with van der Waals surface area (Å²) in [5, 5.41) is 8.42. The summed E-state index contributed by atoms with van der Waals surface area (Å²) in [4.78, 5) is 56.0. The molecule has 1 unspecified atom stereocenters. The number of para-hydroxylation sites is 1. The summed E-state index contributed by atoms with van der Waals surface area (Å²) in [5.41, 5.74) is 5.09. The van der Waals surface area contributed by atoms with Gasteiger partial charge in [-0.1, -0.05) is 82.3 Å². The van der Waals surface area contributed by atoms with E-state index in [-0.39, 0.29) is 38.0 Å². The number of esters is 1. The number of hydrogen-bond acceptors (Lipinski definition) is 11. The molecule has 49 heavy (non-hydrogen) atoms. The van der Waals surface area contributed by atoms with Crippen molar-refractivity contribution in [3.05, 3.63) is 83.9 Å². The van der Waals surface area contributed by atoms with Gasteiger partial charge in [0.1, 0.15) is 19.3 Å². The SMILES string of the molecule is COC(=O)COCCNc1ccccc1SSCC(NC(=O)OCC1c2ccccc2-c2ccccc21)C(=O)NCCOP(=O)(O)O.[Fm].[Fm]. The van der Waals surface area contributed by atoms with E-state index in [9.17, 15) is 18.9 Å². The molecule has 5 N–H and O–H groups in total. The van der Waals surface area contributed by atoms with Gasteiger partial charge in [-0.15, -0.1) is 0 Å². The van der Waals surface area contributed by atoms with Gasteiger partial charge in [-0.25, -0.2) is 14.2 Å². The fraction of sp³-hybridized carbons (Fsp3) is 0.323. The predicted molar refractivity (Wildman–Crippen MR) is 179 cm³/mol. The summed E-state index contributed by atoms with van der Waals surface area (Å²) in [6, 6.07) is 22.3. The third-order valence-corrected chi connectivity index (χ3v) is 9.84. The average molecular weight is 1220 g/mol. The van der Waals surface area contributed by atoms with E-state index in [1.54, 1.807) is 0 Å². The first-order chi connectivity index (χ1) is 22.7. The number of ether oxygens (including phenoxy) is 3. The van der Waals surface area contributed by atoms with Crippen molar-refractivity contribution < 1.29 is 47.5 Å². The molecule has 13 nitrogen and oxygen atoms in total. The van der Waals surface area contributed by atoms with Crippen LogP contribution in [0, 0.1) is 0 Å². The van der Waals surface area contributed by atoms with Crippen molar-refractivity contribution in [1.29, 1.82) is 0 Å². The van der Waals surface area contributed by atoms with Crippen LogP contribution in [0.1, 0.15) is 17.0 Å². The number of benzene rings is 3. The molecular formula is C31H36Fm2N3O10PS2. The van der Waals surface area contributed by atoms with Crippen LogP contribution in [0.15, 0.2) is 77.7 Å². The summed E-state index contributed by atoms with van der Waals surface area (Å²) in [7, 11) is -0.710. The van der Waals surface area contributed by atoms with Gasteiger partial charge in [-0.3, -0.25) is 9.32 Å². The van der Waals surface area contributed by atoms with Crippen LogP contribution in [0.25, 0.3) is 11.1 Å². The Morgan fingerprint density at radius 1 is 0.898 bits per heavy atom. The van der Waals surface area contributed by atoms with Gasteiger partial charge in [0.2, 0.25) is 5.91 Å². The second-order valence-corrected chi connectivity index (χ2v) is 13.7. The Bertz CT molecular complexity index is 1540. The Morgan fingerprint density at radius 3 is 2.18 bits per heavy atom. The smallest absolute Gasteiger partial charge is 0.467 e. The summed E-state index contributed by atoms with van der Waals surface area (Å²) in [6.45, 7) is 0.0293. The van der Waals surface area contributed by atoms with Crippen molar-refractivity contribution in [1.82, 2.24) is 10.6 Å². The van der Waals surface area contributed by atoms with Crippen LogP contribution in [0.3, 0.4) is 0 Å². The van der Waals surface area contributed by atoms with Crippen molar-refractivity contribution >= 4 is 53.1 Å². The Labute approximate surface area is 280 Å². The van der Waals surface area contributed by atoms with E-state index in [4.69, 9.17) is 19.3 Å². The summed E-state index contributed by atoms with van der Waals surface area (Å²) in [6.07, 6.45) is -0.780. The molecule has 0 radical (unpaired) electrons. The molecule has 2 amide bonds. The van der Waals surface area contributed by atoms with Gasteiger partial charge in [-0.05, 0) is 34.4 Å². The van der Waals surface area contributed by atoms with Crippen LogP contribution in [0.5, 0.6) is 0 Å². The molecule has 0 bridgehead atoms. The van der Waals surface area contributed by atoms with E-state index in [0.29, 0.717) is 6.54 Å². The molecule has 18 heteroatoms. The number of carbonyl (C=O) groups is 3. The third kappa shape index (κ3) is 11.9. The van der Waals surface area contributed by atoms with Crippen LogP contribution in [0.2, 0.25) is 0 Å². The minimum absolute atomic E-state index is 0. The number of alkyl carbamates (subject to hydrolysis) is 1. The van der Waals surface area contributed by atoms with E-state index in [1.807, 2.05) is 72.8 Å². The van der Waals surface area contributed by atoms with Crippen LogP contribution in [-0.4, -0.2) is 86.2 Å². The maximum atomic E-state index is 13.1. The Morgan fingerprint density at radius 2 is 1.53 bits per heavy atom. The van der Waals surface area contributed by atoms with E-state index in [1.165, 1.54) is 28.7 Å². The van der Waals surface area contributed by atoms with Crippen molar-refractivity contribution in [2.24, 2.45) is 0 Å². The standard InChI is InChI=1S/C31H36N3O10PS2.2Fm/c1-41-29(35)19-42-16-14-32-26-12-6-7-13-28(26)47-46-20-27(30(36)33-15-17-44-45(38,39)40)34-31(37)43-18-25-23-10-4-2-8-21(23)22-9-3-5-11-24(22)25;;/h2-13,25,27,32H,14-20H2,1H3,(H,33,36)(H,34,37)(H2,38,39,40);;. The van der Waals surface area contributed by atoms with Crippen LogP contribution >= 0.6 is 29.4 Å². The first-order valence-corrected chi connectivity index (χ1v) is 18.4. The van der Waals surface area contributed by atoms with Crippen molar-refractivity contribution in [2.75, 3.05) is 57.7 Å². The van der Waals surface area contributed by atoms with Crippen molar-refractivity contribution in [3.8, 4) is 11.1 Å². The number of phosphoric ester groups is 1. The molecule has 0 fully saturated rings. The summed E-state index contributed by atoms with van der Waals surface area (Å²) < 4.78 is 30.8. The van der Waals surface area contributed by atoms with Crippen molar-refractivity contribution in [3.63, 3.8) is 0 Å². The van der Waals surface area contributed by atoms with Gasteiger partial charge in [-0.2, -0.15) is 0 Å². The van der Waals surface area contributed by atoms with E-state index < -0.39 is 38.4 Å². The Kier molecular flexibility index (Phi) is 15.6. The molecule has 0 spiro atoms. The second kappa shape index (κ2) is 19.3. The number of amides is 2. The number of rotatable bonds is 18. The van der Waals surface area contributed by atoms with Gasteiger partial charge in [0.15, 0.2) is 0 Å². The molecule has 1 aliphatic rings. The molecule has 3 aromatic rings. The molecule has 3 aromatic carbocycles. The van der Waals surface area contributed by atoms with E-state index in [2.05, 4.69) is 25.2 Å². The number of nitrogens with one attached hydrogen (secondary N) is 3. The molecule has 0 saturated heterocycles. The number of anilines is 1. The van der Waals surface area contributed by atoms with Gasteiger partial charge in [0.25, 0.3) is 0 Å². The first-order valence-electron chi connectivity index (χ1n) is 14.5. The molecule has 0 aromatic heterocycles. The summed E-state index contributed by atoms with van der Waals surface area (Å²) >= 11 is 0. The normalized spacial score (nSPS) is 12.3. The van der Waals surface area contributed by atoms with Gasteiger partial charge >= 0.3 is 19.9 Å². The third-order valence-electron chi connectivity index (χ3n) is 6.89. The fourth-order valence-corrected chi connectivity index (χ4v) is 7.44. The minimum atomic E-state index is -4.70.